The predicted molar refractivity (Wildman–Crippen MR) is 260 cm³/mol. The number of amides is 6. The summed E-state index contributed by atoms with van der Waals surface area (Å²) in [5.74, 6) is -1.90. The molecule has 0 spiro atoms. The second-order valence-corrected chi connectivity index (χ2v) is 21.4. The molecule has 10 atom stereocenters. The van der Waals surface area contributed by atoms with Crippen molar-refractivity contribution in [1.82, 2.24) is 41.7 Å². The van der Waals surface area contributed by atoms with Crippen LogP contribution in [-0.2, 0) is 51.1 Å². The number of fused-ring (bicyclic) bond motifs is 2. The fourth-order valence-electron chi connectivity index (χ4n) is 10.0. The Bertz CT molecular complexity index is 1970. The minimum atomic E-state index is -0.914. The zero-order chi connectivity index (χ0) is 49.5. The van der Waals surface area contributed by atoms with Crippen molar-refractivity contribution in [1.29, 1.82) is 0 Å². The molecule has 2 fully saturated rings. The smallest absolute Gasteiger partial charge is 0.246 e. The van der Waals surface area contributed by atoms with Gasteiger partial charge in [-0.05, 0) is 99.6 Å². The molecule has 4 aliphatic rings. The molecule has 16 heteroatoms. The highest BCUT2D eigenvalue weighted by Gasteiger charge is 2.48. The van der Waals surface area contributed by atoms with Crippen molar-refractivity contribution in [3.63, 3.8) is 0 Å². The maximum absolute atomic E-state index is 14.6. The maximum Gasteiger partial charge on any atom is 0.246 e. The quantitative estimate of drug-likeness (QED) is 0.127. The minimum Gasteiger partial charge on any atom is -0.374 e. The van der Waals surface area contributed by atoms with Crippen LogP contribution in [0.3, 0.4) is 0 Å². The van der Waals surface area contributed by atoms with Gasteiger partial charge < -0.3 is 51.2 Å². The molecule has 2 aromatic rings. The first-order chi connectivity index (χ1) is 32.2. The third-order valence-electron chi connectivity index (χ3n) is 14.3. The van der Waals surface area contributed by atoms with Crippen LogP contribution >= 0.6 is 0 Å². The second kappa shape index (κ2) is 22.7. The molecule has 2 aromatic carbocycles. The van der Waals surface area contributed by atoms with Crippen molar-refractivity contribution in [2.45, 2.75) is 167 Å². The van der Waals surface area contributed by atoms with E-state index in [0.29, 0.717) is 0 Å². The average molecular weight is 943 g/mol. The van der Waals surface area contributed by atoms with E-state index in [1.54, 1.807) is 37.7 Å². The van der Waals surface area contributed by atoms with Gasteiger partial charge in [-0.15, -0.1) is 0 Å². The average Bonchev–Trinajstić information content (AvgIpc) is 3.95. The van der Waals surface area contributed by atoms with E-state index >= 15 is 0 Å². The molecule has 6 rings (SSSR count). The SMILES string of the molecule is CN[C@@H](C)C(=O)N[C@H](C(=O)N1C[C@@H](OCCO[C@H]2C[C@@H](C(=O)N[C@@H]3CCCc4ccccc43)N(C(=O)[C@@H](NC(=O)[C@H](C)NC)C(C)(C)C)C2)C[C@H]1C(=O)N[C@@H]1CCCc2ccccc21)C(C)(C)C. The van der Waals surface area contributed by atoms with Crippen molar-refractivity contribution in [3.05, 3.63) is 70.8 Å². The van der Waals surface area contributed by atoms with Gasteiger partial charge in [0.2, 0.25) is 35.4 Å². The number of hydrogen-bond donors (Lipinski definition) is 6. The normalized spacial score (nSPS) is 24.4. The van der Waals surface area contributed by atoms with Gasteiger partial charge in [-0.3, -0.25) is 28.8 Å². The number of benzene rings is 2. The minimum absolute atomic E-state index is 0.124. The van der Waals surface area contributed by atoms with Gasteiger partial charge in [0.25, 0.3) is 0 Å². The monoisotopic (exact) mass is 943 g/mol. The van der Waals surface area contributed by atoms with Gasteiger partial charge in [0.1, 0.15) is 24.2 Å². The molecule has 0 aromatic heterocycles. The molecule has 2 saturated heterocycles. The zero-order valence-corrected chi connectivity index (χ0v) is 42.0. The summed E-state index contributed by atoms with van der Waals surface area (Å²) in [6.45, 7) is 15.3. The van der Waals surface area contributed by atoms with Crippen LogP contribution in [0.4, 0.5) is 0 Å². The molecular formula is C52H78N8O8. The van der Waals surface area contributed by atoms with E-state index in [0.717, 1.165) is 49.7 Å². The Morgan fingerprint density at radius 2 is 0.971 bits per heavy atom. The molecule has 16 nitrogen and oxygen atoms in total. The number of nitrogens with one attached hydrogen (secondary N) is 6. The molecule has 2 aliphatic heterocycles. The number of carbonyl (C=O) groups excluding carboxylic acids is 6. The highest BCUT2D eigenvalue weighted by molar-refractivity contribution is 5.95. The van der Waals surface area contributed by atoms with E-state index in [4.69, 9.17) is 9.47 Å². The molecule has 0 saturated carbocycles. The van der Waals surface area contributed by atoms with Gasteiger partial charge in [-0.1, -0.05) is 90.1 Å². The first kappa shape index (κ1) is 52.5. The lowest BCUT2D eigenvalue weighted by Crippen LogP contribution is -2.59. The van der Waals surface area contributed by atoms with Gasteiger partial charge in [0.05, 0.1) is 49.6 Å². The lowest BCUT2D eigenvalue weighted by atomic mass is 9.85. The molecule has 0 unspecified atom stereocenters. The summed E-state index contributed by atoms with van der Waals surface area (Å²) in [5, 5.41) is 18.3. The van der Waals surface area contributed by atoms with Crippen LogP contribution < -0.4 is 31.9 Å². The molecule has 6 N–H and O–H groups in total. The lowest BCUT2D eigenvalue weighted by Gasteiger charge is -2.36. The number of likely N-dealkylation sites (N-methyl/N-ethyl adjacent to an activating group) is 2. The van der Waals surface area contributed by atoms with Crippen LogP contribution in [-0.4, -0.2) is 134 Å². The van der Waals surface area contributed by atoms with Crippen LogP contribution in [0, 0.1) is 10.8 Å². The molecule has 0 bridgehead atoms. The summed E-state index contributed by atoms with van der Waals surface area (Å²) in [7, 11) is 3.36. The lowest BCUT2D eigenvalue weighted by molar-refractivity contribution is -0.144. The highest BCUT2D eigenvalue weighted by atomic mass is 16.5. The summed E-state index contributed by atoms with van der Waals surface area (Å²) in [5.41, 5.74) is 3.23. The Hall–Kier alpha value is -4.90. The number of ether oxygens (including phenoxy) is 2. The topological polar surface area (TPSA) is 200 Å². The summed E-state index contributed by atoms with van der Waals surface area (Å²) in [4.78, 5) is 87.4. The molecule has 2 aliphatic carbocycles. The number of likely N-dealkylation sites (tertiary alicyclic amines) is 2. The number of carbonyl (C=O) groups is 6. The number of rotatable bonds is 17. The number of hydrogen-bond acceptors (Lipinski definition) is 10. The van der Waals surface area contributed by atoms with Gasteiger partial charge in [-0.2, -0.15) is 0 Å². The van der Waals surface area contributed by atoms with E-state index < -0.39 is 59.3 Å². The van der Waals surface area contributed by atoms with Crippen LogP contribution in [0.25, 0.3) is 0 Å². The van der Waals surface area contributed by atoms with Crippen LogP contribution in [0.2, 0.25) is 0 Å². The summed E-state index contributed by atoms with van der Waals surface area (Å²) < 4.78 is 12.8. The Balaban J connectivity index is 1.16. The maximum atomic E-state index is 14.6. The van der Waals surface area contributed by atoms with Gasteiger partial charge in [-0.25, -0.2) is 0 Å². The van der Waals surface area contributed by atoms with E-state index in [-0.39, 0.29) is 86.7 Å². The largest absolute Gasteiger partial charge is 0.374 e. The van der Waals surface area contributed by atoms with Gasteiger partial charge in [0, 0.05) is 25.9 Å². The molecule has 0 radical (unpaired) electrons. The first-order valence-corrected chi connectivity index (χ1v) is 24.8. The van der Waals surface area contributed by atoms with Crippen LogP contribution in [0.15, 0.2) is 48.5 Å². The standard InChI is InChI=1S/C52H78N8O8/c1-31(53-9)45(61)57-43(51(3,4)5)49(65)59-29-35(27-41(59)47(63)55-39-23-15-19-33-17-11-13-21-37(33)39)67-25-26-68-36-28-42(48(64)56-40-24-16-20-34-18-12-14-22-38(34)40)60(30-36)50(66)44(52(6,7)8)58-46(62)32(2)54-10/h11-14,17-18,21-22,31-32,35-36,39-44,53-54H,15-16,19-20,23-30H2,1-10H3,(H,55,63)(H,56,64)(H,57,61)(H,58,62)/t31-,32-,35-,36-,39+,40+,41-,42-,43+,44+/m0/s1. The Kier molecular flexibility index (Phi) is 17.5. The highest BCUT2D eigenvalue weighted by Crippen LogP contribution is 2.34. The number of aryl methyl sites for hydroxylation is 2. The summed E-state index contributed by atoms with van der Waals surface area (Å²) >= 11 is 0. The third-order valence-corrected chi connectivity index (χ3v) is 14.3. The Labute approximate surface area is 403 Å². The first-order valence-electron chi connectivity index (χ1n) is 24.8. The van der Waals surface area contributed by atoms with E-state index in [2.05, 4.69) is 44.0 Å². The van der Waals surface area contributed by atoms with Crippen molar-refractivity contribution in [2.75, 3.05) is 40.4 Å². The van der Waals surface area contributed by atoms with Crippen LogP contribution in [0.1, 0.15) is 128 Å². The fraction of sp³-hybridized carbons (Fsp3) is 0.654. The number of nitrogens with zero attached hydrogens (tertiary/aromatic N) is 2. The van der Waals surface area contributed by atoms with E-state index in [1.807, 2.05) is 77.9 Å². The van der Waals surface area contributed by atoms with Crippen molar-refractivity contribution in [3.8, 4) is 0 Å². The molecule has 6 amide bonds. The fourth-order valence-corrected chi connectivity index (χ4v) is 10.0. The molecule has 374 valence electrons. The second-order valence-electron chi connectivity index (χ2n) is 21.4. The van der Waals surface area contributed by atoms with E-state index in [9.17, 15) is 28.8 Å². The Morgan fingerprint density at radius 1 is 0.603 bits per heavy atom. The third kappa shape index (κ3) is 12.6. The van der Waals surface area contributed by atoms with E-state index in [1.165, 1.54) is 11.1 Å². The Morgan fingerprint density at radius 3 is 1.32 bits per heavy atom. The van der Waals surface area contributed by atoms with Crippen molar-refractivity contribution in [2.24, 2.45) is 10.8 Å². The molecule has 68 heavy (non-hydrogen) atoms. The van der Waals surface area contributed by atoms with Gasteiger partial charge in [0.15, 0.2) is 0 Å². The zero-order valence-electron chi connectivity index (χ0n) is 42.0. The molecular weight excluding hydrogens is 865 g/mol. The summed E-state index contributed by atoms with van der Waals surface area (Å²) in [6.07, 6.45) is 4.77. The van der Waals surface area contributed by atoms with Gasteiger partial charge >= 0.3 is 0 Å². The van der Waals surface area contributed by atoms with Crippen molar-refractivity contribution < 1.29 is 38.2 Å². The summed E-state index contributed by atoms with van der Waals surface area (Å²) in [6, 6.07) is 11.3. The van der Waals surface area contributed by atoms with Crippen molar-refractivity contribution >= 4 is 35.4 Å². The predicted octanol–water partition coefficient (Wildman–Crippen LogP) is 3.62. The van der Waals surface area contributed by atoms with Crippen LogP contribution in [0.5, 0.6) is 0 Å². The molecule has 2 heterocycles.